The third-order valence-electron chi connectivity index (χ3n) is 3.11. The summed E-state index contributed by atoms with van der Waals surface area (Å²) in [6.45, 7) is 11.1. The molecule has 0 aliphatic carbocycles. The third-order valence-corrected chi connectivity index (χ3v) is 3.11. The summed E-state index contributed by atoms with van der Waals surface area (Å²) in [5, 5.41) is 0. The number of benzene rings is 1. The molecular formula is C15H22. The average molecular weight is 202 g/mol. The van der Waals surface area contributed by atoms with E-state index in [0.717, 1.165) is 12.8 Å². The van der Waals surface area contributed by atoms with Crippen LogP contribution in [-0.4, -0.2) is 0 Å². The van der Waals surface area contributed by atoms with Crippen LogP contribution < -0.4 is 0 Å². The quantitative estimate of drug-likeness (QED) is 0.667. The summed E-state index contributed by atoms with van der Waals surface area (Å²) >= 11 is 0. The molecule has 0 heterocycles. The molecule has 0 bridgehead atoms. The predicted molar refractivity (Wildman–Crippen MR) is 69.2 cm³/mol. The first-order chi connectivity index (χ1) is 7.10. The van der Waals surface area contributed by atoms with Crippen LogP contribution in [0.15, 0.2) is 17.7 Å². The molecule has 0 fully saturated rings. The molecule has 1 aromatic carbocycles. The number of hydrogen-bond donors (Lipinski definition) is 0. The largest absolute Gasteiger partial charge is 0.0730 e. The fourth-order valence-electron chi connectivity index (χ4n) is 1.91. The first-order valence-electron chi connectivity index (χ1n) is 5.86. The summed E-state index contributed by atoms with van der Waals surface area (Å²) in [5.41, 5.74) is 7.21. The van der Waals surface area contributed by atoms with Crippen LogP contribution in [0.25, 0.3) is 6.08 Å². The van der Waals surface area contributed by atoms with Crippen LogP contribution >= 0.6 is 0 Å². The first-order valence-corrected chi connectivity index (χ1v) is 5.86. The van der Waals surface area contributed by atoms with Crippen molar-refractivity contribution in [2.24, 2.45) is 0 Å². The Labute approximate surface area is 94.0 Å². The van der Waals surface area contributed by atoms with Gasteiger partial charge in [0.25, 0.3) is 0 Å². The summed E-state index contributed by atoms with van der Waals surface area (Å²) < 4.78 is 0. The summed E-state index contributed by atoms with van der Waals surface area (Å²) in [6, 6.07) is 4.45. The zero-order valence-corrected chi connectivity index (χ0v) is 10.6. The van der Waals surface area contributed by atoms with E-state index < -0.39 is 0 Å². The molecule has 0 radical (unpaired) electrons. The van der Waals surface area contributed by atoms with Crippen molar-refractivity contribution >= 4 is 6.08 Å². The predicted octanol–water partition coefficient (Wildman–Crippen LogP) is 4.68. The molecule has 0 atom stereocenters. The van der Waals surface area contributed by atoms with E-state index in [4.69, 9.17) is 0 Å². The molecule has 82 valence electrons. The lowest BCUT2D eigenvalue weighted by molar-refractivity contribution is 1.08. The highest BCUT2D eigenvalue weighted by atomic mass is 14.1. The van der Waals surface area contributed by atoms with Crippen LogP contribution in [0, 0.1) is 13.8 Å². The van der Waals surface area contributed by atoms with E-state index in [1.54, 1.807) is 0 Å². The van der Waals surface area contributed by atoms with Gasteiger partial charge in [0.05, 0.1) is 0 Å². The minimum atomic E-state index is 1.12. The van der Waals surface area contributed by atoms with Crippen molar-refractivity contribution in [3.8, 4) is 0 Å². The van der Waals surface area contributed by atoms with Crippen LogP contribution in [0.4, 0.5) is 0 Å². The molecule has 0 spiro atoms. The third kappa shape index (κ3) is 2.71. The van der Waals surface area contributed by atoms with Crippen LogP contribution in [0.5, 0.6) is 0 Å². The van der Waals surface area contributed by atoms with Gasteiger partial charge >= 0.3 is 0 Å². The number of hydrogen-bond acceptors (Lipinski definition) is 0. The van der Waals surface area contributed by atoms with Gasteiger partial charge in [0.15, 0.2) is 0 Å². The van der Waals surface area contributed by atoms with Crippen LogP contribution in [0.2, 0.25) is 0 Å². The van der Waals surface area contributed by atoms with Gasteiger partial charge in [-0.15, -0.1) is 0 Å². The van der Waals surface area contributed by atoms with Crippen molar-refractivity contribution in [1.29, 1.82) is 0 Å². The maximum Gasteiger partial charge on any atom is -0.0193 e. The van der Waals surface area contributed by atoms with Gasteiger partial charge in [0.2, 0.25) is 0 Å². The maximum absolute atomic E-state index is 2.35. The monoisotopic (exact) mass is 202 g/mol. The SMILES string of the molecule is CC/C(C)=C/c1c(C)ccc(C)c1CC. The van der Waals surface area contributed by atoms with Gasteiger partial charge in [0, 0.05) is 0 Å². The summed E-state index contributed by atoms with van der Waals surface area (Å²) in [7, 11) is 0. The number of allylic oxidation sites excluding steroid dienone is 1. The Morgan fingerprint density at radius 3 is 2.27 bits per heavy atom. The molecule has 0 aliphatic rings. The van der Waals surface area contributed by atoms with Crippen molar-refractivity contribution in [3.05, 3.63) is 40.0 Å². The highest BCUT2D eigenvalue weighted by Gasteiger charge is 2.04. The van der Waals surface area contributed by atoms with Crippen LogP contribution in [-0.2, 0) is 6.42 Å². The summed E-state index contributed by atoms with van der Waals surface area (Å²) in [4.78, 5) is 0. The van der Waals surface area contributed by atoms with E-state index in [1.807, 2.05) is 0 Å². The fourth-order valence-corrected chi connectivity index (χ4v) is 1.91. The Morgan fingerprint density at radius 1 is 1.13 bits per heavy atom. The van der Waals surface area contributed by atoms with Crippen molar-refractivity contribution in [1.82, 2.24) is 0 Å². The van der Waals surface area contributed by atoms with Crippen molar-refractivity contribution in [2.75, 3.05) is 0 Å². The molecule has 0 N–H and O–H groups in total. The molecule has 0 unspecified atom stereocenters. The second-order valence-electron chi connectivity index (χ2n) is 4.29. The molecule has 1 rings (SSSR count). The lowest BCUT2D eigenvalue weighted by Crippen LogP contribution is -1.95. The fraction of sp³-hybridized carbons (Fsp3) is 0.467. The van der Waals surface area contributed by atoms with Crippen molar-refractivity contribution in [2.45, 2.75) is 47.5 Å². The van der Waals surface area contributed by atoms with E-state index in [-0.39, 0.29) is 0 Å². The van der Waals surface area contributed by atoms with E-state index in [9.17, 15) is 0 Å². The summed E-state index contributed by atoms with van der Waals surface area (Å²) in [5.74, 6) is 0. The van der Waals surface area contributed by atoms with Gasteiger partial charge < -0.3 is 0 Å². The molecule has 1 aromatic rings. The van der Waals surface area contributed by atoms with Crippen LogP contribution in [0.3, 0.4) is 0 Å². The normalized spacial score (nSPS) is 11.9. The van der Waals surface area contributed by atoms with Gasteiger partial charge in [-0.3, -0.25) is 0 Å². The Balaban J connectivity index is 3.31. The molecule has 0 amide bonds. The van der Waals surface area contributed by atoms with Crippen molar-refractivity contribution < 1.29 is 0 Å². The standard InChI is InChI=1S/C15H22/c1-6-11(3)10-15-13(5)9-8-12(4)14(15)7-2/h8-10H,6-7H2,1-5H3/b11-10+. The molecule has 0 heteroatoms. The summed E-state index contributed by atoms with van der Waals surface area (Å²) in [6.07, 6.45) is 4.61. The van der Waals surface area contributed by atoms with Gasteiger partial charge in [-0.1, -0.05) is 37.6 Å². The highest BCUT2D eigenvalue weighted by molar-refractivity contribution is 5.61. The molecule has 0 aromatic heterocycles. The maximum atomic E-state index is 2.35. The number of rotatable bonds is 3. The lowest BCUT2D eigenvalue weighted by Gasteiger charge is -2.12. The number of aryl methyl sites for hydroxylation is 2. The second kappa shape index (κ2) is 5.16. The van der Waals surface area contributed by atoms with Crippen LogP contribution in [0.1, 0.15) is 49.4 Å². The van der Waals surface area contributed by atoms with E-state index in [1.165, 1.54) is 27.8 Å². The molecular weight excluding hydrogens is 180 g/mol. The topological polar surface area (TPSA) is 0 Å². The molecule has 0 nitrogen and oxygen atoms in total. The average Bonchev–Trinajstić information content (AvgIpc) is 2.23. The molecule has 15 heavy (non-hydrogen) atoms. The van der Waals surface area contributed by atoms with E-state index in [2.05, 4.69) is 52.8 Å². The Morgan fingerprint density at radius 2 is 1.73 bits per heavy atom. The Bertz CT molecular complexity index is 370. The smallest absolute Gasteiger partial charge is 0.0193 e. The molecule has 0 aliphatic heterocycles. The first kappa shape index (κ1) is 12.0. The van der Waals surface area contributed by atoms with Gasteiger partial charge in [-0.05, 0) is 55.9 Å². The minimum Gasteiger partial charge on any atom is -0.0730 e. The van der Waals surface area contributed by atoms with Gasteiger partial charge in [0.1, 0.15) is 0 Å². The molecule has 0 saturated heterocycles. The van der Waals surface area contributed by atoms with E-state index >= 15 is 0 Å². The Kier molecular flexibility index (Phi) is 4.14. The molecule has 0 saturated carbocycles. The highest BCUT2D eigenvalue weighted by Crippen LogP contribution is 2.22. The lowest BCUT2D eigenvalue weighted by atomic mass is 9.94. The van der Waals surface area contributed by atoms with Gasteiger partial charge in [-0.25, -0.2) is 0 Å². The zero-order chi connectivity index (χ0) is 11.4. The van der Waals surface area contributed by atoms with Crippen molar-refractivity contribution in [3.63, 3.8) is 0 Å². The minimum absolute atomic E-state index is 1.12. The zero-order valence-electron chi connectivity index (χ0n) is 10.6. The van der Waals surface area contributed by atoms with Gasteiger partial charge in [-0.2, -0.15) is 0 Å². The second-order valence-corrected chi connectivity index (χ2v) is 4.29. The Hall–Kier alpha value is -1.04. The van der Waals surface area contributed by atoms with E-state index in [0.29, 0.717) is 0 Å².